The van der Waals surface area contributed by atoms with Crippen LogP contribution in [0.15, 0.2) is 0 Å². The molecule has 0 radical (unpaired) electrons. The standard InChI is InChI=1S/C24H47NO2/c1-21(2)17-13-9-7-8-12-16-20-25-24(27)19-15-11-6-5-10-14-18-23(26)22(3)4/h21-22H,5-20H2,1-4H3,(H,25,27). The summed E-state index contributed by atoms with van der Waals surface area (Å²) in [6.45, 7) is 9.38. The Morgan fingerprint density at radius 2 is 1.11 bits per heavy atom. The van der Waals surface area contributed by atoms with Crippen molar-refractivity contribution in [3.63, 3.8) is 0 Å². The summed E-state index contributed by atoms with van der Waals surface area (Å²) in [5.74, 6) is 1.62. The SMILES string of the molecule is CC(C)CCCCCCCCNC(=O)CCCCCCCCC(=O)C(C)C. The number of hydrogen-bond acceptors (Lipinski definition) is 2. The van der Waals surface area contributed by atoms with Crippen LogP contribution in [-0.4, -0.2) is 18.2 Å². The zero-order chi connectivity index (χ0) is 20.3. The Morgan fingerprint density at radius 3 is 1.67 bits per heavy atom. The summed E-state index contributed by atoms with van der Waals surface area (Å²) in [7, 11) is 0. The lowest BCUT2D eigenvalue weighted by molar-refractivity contribution is -0.122. The molecule has 0 fully saturated rings. The van der Waals surface area contributed by atoms with Gasteiger partial charge in [-0.05, 0) is 25.2 Å². The van der Waals surface area contributed by atoms with Gasteiger partial charge in [-0.1, -0.05) is 91.9 Å². The van der Waals surface area contributed by atoms with Gasteiger partial charge >= 0.3 is 0 Å². The molecule has 0 atom stereocenters. The van der Waals surface area contributed by atoms with Crippen LogP contribution in [0.1, 0.15) is 124 Å². The number of ketones is 1. The number of carbonyl (C=O) groups excluding carboxylic acids is 2. The molecular weight excluding hydrogens is 334 g/mol. The lowest BCUT2D eigenvalue weighted by Crippen LogP contribution is -2.23. The fourth-order valence-corrected chi connectivity index (χ4v) is 3.28. The Labute approximate surface area is 169 Å². The zero-order valence-corrected chi connectivity index (χ0v) is 18.8. The van der Waals surface area contributed by atoms with E-state index in [1.165, 1.54) is 51.4 Å². The minimum absolute atomic E-state index is 0.179. The van der Waals surface area contributed by atoms with E-state index >= 15 is 0 Å². The molecule has 0 bridgehead atoms. The van der Waals surface area contributed by atoms with Gasteiger partial charge < -0.3 is 5.32 Å². The van der Waals surface area contributed by atoms with Crippen LogP contribution < -0.4 is 5.32 Å². The number of unbranched alkanes of at least 4 members (excludes halogenated alkanes) is 10. The highest BCUT2D eigenvalue weighted by Gasteiger charge is 2.06. The third-order valence-corrected chi connectivity index (χ3v) is 5.25. The van der Waals surface area contributed by atoms with Crippen molar-refractivity contribution in [2.75, 3.05) is 6.54 Å². The first-order chi connectivity index (χ1) is 12.9. The van der Waals surface area contributed by atoms with Crippen molar-refractivity contribution in [2.45, 2.75) is 124 Å². The molecule has 0 aromatic rings. The number of amides is 1. The minimum atomic E-state index is 0.179. The van der Waals surface area contributed by atoms with Crippen molar-refractivity contribution < 1.29 is 9.59 Å². The maximum absolute atomic E-state index is 11.8. The smallest absolute Gasteiger partial charge is 0.219 e. The average Bonchev–Trinajstić information content (AvgIpc) is 2.61. The molecule has 3 heteroatoms. The van der Waals surface area contributed by atoms with Crippen LogP contribution in [-0.2, 0) is 9.59 Å². The number of carbonyl (C=O) groups is 2. The Bertz CT molecular complexity index is 363. The third kappa shape index (κ3) is 19.7. The van der Waals surface area contributed by atoms with Crippen LogP contribution in [0.3, 0.4) is 0 Å². The molecule has 0 aromatic carbocycles. The van der Waals surface area contributed by atoms with E-state index in [-0.39, 0.29) is 11.8 Å². The molecule has 0 aliphatic rings. The normalized spacial score (nSPS) is 11.3. The summed E-state index contributed by atoms with van der Waals surface area (Å²) >= 11 is 0. The van der Waals surface area contributed by atoms with Crippen molar-refractivity contribution >= 4 is 11.7 Å². The first-order valence-corrected chi connectivity index (χ1v) is 11.7. The molecule has 0 aliphatic carbocycles. The molecule has 0 spiro atoms. The van der Waals surface area contributed by atoms with Gasteiger partial charge in [-0.25, -0.2) is 0 Å². The van der Waals surface area contributed by atoms with Crippen molar-refractivity contribution in [3.8, 4) is 0 Å². The maximum Gasteiger partial charge on any atom is 0.219 e. The lowest BCUT2D eigenvalue weighted by Gasteiger charge is -2.06. The second-order valence-corrected chi connectivity index (χ2v) is 8.90. The highest BCUT2D eigenvalue weighted by atomic mass is 16.1. The topological polar surface area (TPSA) is 46.2 Å². The number of rotatable bonds is 19. The van der Waals surface area contributed by atoms with Gasteiger partial charge in [0, 0.05) is 25.3 Å². The molecule has 0 aliphatic heterocycles. The van der Waals surface area contributed by atoms with Gasteiger partial charge in [0.15, 0.2) is 0 Å². The van der Waals surface area contributed by atoms with Gasteiger partial charge in [-0.3, -0.25) is 9.59 Å². The Kier molecular flexibility index (Phi) is 17.9. The first-order valence-electron chi connectivity index (χ1n) is 11.7. The third-order valence-electron chi connectivity index (χ3n) is 5.25. The summed E-state index contributed by atoms with van der Waals surface area (Å²) < 4.78 is 0. The lowest BCUT2D eigenvalue weighted by atomic mass is 10.0. The second kappa shape index (κ2) is 18.5. The number of hydrogen-bond donors (Lipinski definition) is 1. The average molecular weight is 382 g/mol. The van der Waals surface area contributed by atoms with Crippen LogP contribution >= 0.6 is 0 Å². The van der Waals surface area contributed by atoms with Crippen LogP contribution in [0.2, 0.25) is 0 Å². The molecule has 0 heterocycles. The van der Waals surface area contributed by atoms with Crippen LogP contribution in [0.4, 0.5) is 0 Å². The maximum atomic E-state index is 11.8. The summed E-state index contributed by atoms with van der Waals surface area (Å²) in [6.07, 6.45) is 17.1. The van der Waals surface area contributed by atoms with Gasteiger partial charge in [0.2, 0.25) is 5.91 Å². The molecule has 1 amide bonds. The van der Waals surface area contributed by atoms with Gasteiger partial charge in [-0.2, -0.15) is 0 Å². The number of nitrogens with one attached hydrogen (secondary N) is 1. The fraction of sp³-hybridized carbons (Fsp3) is 0.917. The second-order valence-electron chi connectivity index (χ2n) is 8.90. The van der Waals surface area contributed by atoms with Crippen molar-refractivity contribution in [1.29, 1.82) is 0 Å². The largest absolute Gasteiger partial charge is 0.356 e. The molecule has 0 saturated heterocycles. The molecule has 0 saturated carbocycles. The summed E-state index contributed by atoms with van der Waals surface area (Å²) in [5, 5.41) is 3.06. The molecular formula is C24H47NO2. The van der Waals surface area contributed by atoms with E-state index in [1.807, 2.05) is 13.8 Å². The van der Waals surface area contributed by atoms with Gasteiger partial charge in [-0.15, -0.1) is 0 Å². The molecule has 160 valence electrons. The molecule has 3 nitrogen and oxygen atoms in total. The van der Waals surface area contributed by atoms with Gasteiger partial charge in [0.1, 0.15) is 5.78 Å². The van der Waals surface area contributed by atoms with E-state index in [0.717, 1.165) is 51.0 Å². The molecule has 0 rings (SSSR count). The minimum Gasteiger partial charge on any atom is -0.356 e. The van der Waals surface area contributed by atoms with Crippen LogP contribution in [0.25, 0.3) is 0 Å². The highest BCUT2D eigenvalue weighted by Crippen LogP contribution is 2.12. The van der Waals surface area contributed by atoms with E-state index in [9.17, 15) is 9.59 Å². The summed E-state index contributed by atoms with van der Waals surface area (Å²) in [6, 6.07) is 0. The van der Waals surface area contributed by atoms with Crippen LogP contribution in [0, 0.1) is 11.8 Å². The molecule has 0 unspecified atom stereocenters. The number of Topliss-reactive ketones (excluding diaryl/α,β-unsaturated/α-hetero) is 1. The highest BCUT2D eigenvalue weighted by molar-refractivity contribution is 5.80. The van der Waals surface area contributed by atoms with Crippen LogP contribution in [0.5, 0.6) is 0 Å². The Morgan fingerprint density at radius 1 is 0.630 bits per heavy atom. The van der Waals surface area contributed by atoms with Crippen molar-refractivity contribution in [2.24, 2.45) is 11.8 Å². The van der Waals surface area contributed by atoms with Gasteiger partial charge in [0.25, 0.3) is 0 Å². The molecule has 1 N–H and O–H groups in total. The molecule has 27 heavy (non-hydrogen) atoms. The van der Waals surface area contributed by atoms with Gasteiger partial charge in [0.05, 0.1) is 0 Å². The van der Waals surface area contributed by atoms with Crippen molar-refractivity contribution in [3.05, 3.63) is 0 Å². The van der Waals surface area contributed by atoms with E-state index < -0.39 is 0 Å². The summed E-state index contributed by atoms with van der Waals surface area (Å²) in [5.41, 5.74) is 0. The predicted octanol–water partition coefficient (Wildman–Crippen LogP) is 6.84. The summed E-state index contributed by atoms with van der Waals surface area (Å²) in [4.78, 5) is 23.3. The first kappa shape index (κ1) is 26.1. The quantitative estimate of drug-likeness (QED) is 0.249. The van der Waals surface area contributed by atoms with E-state index in [4.69, 9.17) is 0 Å². The zero-order valence-electron chi connectivity index (χ0n) is 18.8. The molecule has 0 aromatic heterocycles. The van der Waals surface area contributed by atoms with E-state index in [1.54, 1.807) is 0 Å². The monoisotopic (exact) mass is 381 g/mol. The van der Waals surface area contributed by atoms with Crippen molar-refractivity contribution in [1.82, 2.24) is 5.32 Å². The predicted molar refractivity (Wildman–Crippen MR) is 117 cm³/mol. The van der Waals surface area contributed by atoms with E-state index in [0.29, 0.717) is 12.2 Å². The fourth-order valence-electron chi connectivity index (χ4n) is 3.28. The van der Waals surface area contributed by atoms with E-state index in [2.05, 4.69) is 19.2 Å². The Hall–Kier alpha value is -0.860. The Balaban J connectivity index is 3.25.